The van der Waals surface area contributed by atoms with Crippen molar-refractivity contribution < 1.29 is 14.3 Å². The Kier molecular flexibility index (Phi) is 2.34. The van der Waals surface area contributed by atoms with E-state index in [-0.39, 0.29) is 18.0 Å². The van der Waals surface area contributed by atoms with Gasteiger partial charge in [-0.25, -0.2) is 0 Å². The van der Waals surface area contributed by atoms with E-state index in [0.717, 1.165) is 5.76 Å². The molecule has 3 aliphatic carbocycles. The number of allylic oxidation sites excluding steroid dienone is 1. The van der Waals surface area contributed by atoms with E-state index in [2.05, 4.69) is 20.4 Å². The Hall–Kier alpha value is -0.990. The van der Waals surface area contributed by atoms with Crippen LogP contribution in [0.5, 0.6) is 0 Å². The summed E-state index contributed by atoms with van der Waals surface area (Å²) in [7, 11) is 0. The molecule has 8 atom stereocenters. The molecule has 5 rings (SSSR count). The molecule has 0 radical (unpaired) electrons. The number of esters is 1. The molecule has 19 heavy (non-hydrogen) atoms. The van der Waals surface area contributed by atoms with Crippen molar-refractivity contribution in [2.75, 3.05) is 6.61 Å². The van der Waals surface area contributed by atoms with Crippen molar-refractivity contribution >= 4 is 5.97 Å². The highest BCUT2D eigenvalue weighted by atomic mass is 16.5. The SMILES string of the molecule is C=C1OC(C)C(C)C2C3CCC(C4COC(=O)C43)C12. The van der Waals surface area contributed by atoms with Crippen LogP contribution in [0.2, 0.25) is 0 Å². The van der Waals surface area contributed by atoms with Gasteiger partial charge < -0.3 is 9.47 Å². The van der Waals surface area contributed by atoms with Crippen molar-refractivity contribution in [1.29, 1.82) is 0 Å². The molecule has 2 bridgehead atoms. The number of hydrogen-bond acceptors (Lipinski definition) is 3. The first-order chi connectivity index (χ1) is 9.09. The van der Waals surface area contributed by atoms with E-state index in [1.54, 1.807) is 0 Å². The maximum atomic E-state index is 12.1. The van der Waals surface area contributed by atoms with E-state index in [1.807, 2.05) is 0 Å². The molecule has 2 heterocycles. The molecule has 3 nitrogen and oxygen atoms in total. The predicted octanol–water partition coefficient (Wildman–Crippen LogP) is 2.62. The van der Waals surface area contributed by atoms with Gasteiger partial charge in [0.25, 0.3) is 0 Å². The average Bonchev–Trinajstić information content (AvgIpc) is 2.80. The summed E-state index contributed by atoms with van der Waals surface area (Å²) in [6.45, 7) is 9.24. The smallest absolute Gasteiger partial charge is 0.309 e. The number of carbonyl (C=O) groups excluding carboxylic acids is 1. The Bertz CT molecular complexity index is 443. The van der Waals surface area contributed by atoms with Crippen molar-refractivity contribution in [1.82, 2.24) is 0 Å². The van der Waals surface area contributed by atoms with Crippen molar-refractivity contribution in [3.8, 4) is 0 Å². The van der Waals surface area contributed by atoms with E-state index >= 15 is 0 Å². The van der Waals surface area contributed by atoms with Crippen LogP contribution in [0.1, 0.15) is 26.7 Å². The second-order valence-electron chi connectivity index (χ2n) is 6.98. The summed E-state index contributed by atoms with van der Waals surface area (Å²) in [5.74, 6) is 4.22. The summed E-state index contributed by atoms with van der Waals surface area (Å²) in [4.78, 5) is 12.1. The van der Waals surface area contributed by atoms with Crippen LogP contribution in [0, 0.1) is 41.4 Å². The Labute approximate surface area is 114 Å². The lowest BCUT2D eigenvalue weighted by molar-refractivity contribution is -0.159. The van der Waals surface area contributed by atoms with Gasteiger partial charge in [0.15, 0.2) is 0 Å². The van der Waals surface area contributed by atoms with Gasteiger partial charge in [-0.2, -0.15) is 0 Å². The van der Waals surface area contributed by atoms with Gasteiger partial charge >= 0.3 is 5.97 Å². The summed E-state index contributed by atoms with van der Waals surface area (Å²) < 4.78 is 11.4. The van der Waals surface area contributed by atoms with Gasteiger partial charge in [0.05, 0.1) is 24.4 Å². The molecule has 3 heteroatoms. The van der Waals surface area contributed by atoms with Crippen LogP contribution in [0.3, 0.4) is 0 Å². The van der Waals surface area contributed by atoms with Crippen LogP contribution in [-0.2, 0) is 14.3 Å². The second kappa shape index (κ2) is 3.77. The van der Waals surface area contributed by atoms with E-state index in [1.165, 1.54) is 12.8 Å². The van der Waals surface area contributed by atoms with Crippen LogP contribution < -0.4 is 0 Å². The van der Waals surface area contributed by atoms with E-state index in [4.69, 9.17) is 9.47 Å². The first kappa shape index (κ1) is 11.8. The van der Waals surface area contributed by atoms with Gasteiger partial charge in [-0.15, -0.1) is 0 Å². The predicted molar refractivity (Wildman–Crippen MR) is 70.0 cm³/mol. The van der Waals surface area contributed by atoms with Crippen LogP contribution in [-0.4, -0.2) is 18.7 Å². The summed E-state index contributed by atoms with van der Waals surface area (Å²) in [5.41, 5.74) is 0. The molecule has 0 spiro atoms. The maximum Gasteiger partial charge on any atom is 0.309 e. The molecule has 2 saturated heterocycles. The molecule has 5 aliphatic rings. The highest BCUT2D eigenvalue weighted by molar-refractivity contribution is 5.75. The molecule has 5 fully saturated rings. The molecule has 0 aromatic heterocycles. The summed E-state index contributed by atoms with van der Waals surface area (Å²) in [6.07, 6.45) is 2.63. The lowest BCUT2D eigenvalue weighted by Gasteiger charge is -2.58. The van der Waals surface area contributed by atoms with Crippen LogP contribution >= 0.6 is 0 Å². The maximum absolute atomic E-state index is 12.1. The van der Waals surface area contributed by atoms with Crippen molar-refractivity contribution in [2.45, 2.75) is 32.8 Å². The van der Waals surface area contributed by atoms with Crippen molar-refractivity contribution in [2.24, 2.45) is 41.4 Å². The lowest BCUT2D eigenvalue weighted by atomic mass is 9.47. The zero-order valence-electron chi connectivity index (χ0n) is 11.7. The van der Waals surface area contributed by atoms with Crippen LogP contribution in [0.15, 0.2) is 12.3 Å². The van der Waals surface area contributed by atoms with Gasteiger partial charge in [-0.3, -0.25) is 4.79 Å². The van der Waals surface area contributed by atoms with E-state index in [0.29, 0.717) is 42.1 Å². The van der Waals surface area contributed by atoms with Gasteiger partial charge in [-0.05, 0) is 43.4 Å². The third-order valence-electron chi connectivity index (χ3n) is 6.42. The molecule has 0 aromatic rings. The summed E-state index contributed by atoms with van der Waals surface area (Å²) in [6, 6.07) is 0. The first-order valence-corrected chi connectivity index (χ1v) is 7.61. The number of ether oxygens (including phenoxy) is 2. The van der Waals surface area contributed by atoms with Gasteiger partial charge in [0, 0.05) is 11.8 Å². The van der Waals surface area contributed by atoms with E-state index in [9.17, 15) is 4.79 Å². The zero-order chi connectivity index (χ0) is 13.3. The van der Waals surface area contributed by atoms with Gasteiger partial charge in [0.1, 0.15) is 0 Å². The Balaban J connectivity index is 1.77. The lowest BCUT2D eigenvalue weighted by Crippen LogP contribution is -2.57. The first-order valence-electron chi connectivity index (χ1n) is 7.61. The minimum atomic E-state index is 0.0649. The number of rotatable bonds is 0. The highest BCUT2D eigenvalue weighted by Gasteiger charge is 2.62. The van der Waals surface area contributed by atoms with Crippen molar-refractivity contribution in [3.05, 3.63) is 12.3 Å². The Morgan fingerprint density at radius 2 is 1.84 bits per heavy atom. The average molecular weight is 262 g/mol. The fourth-order valence-electron chi connectivity index (χ4n) is 5.55. The standard InChI is InChI=1S/C16H22O3/c1-7-8(2)19-9(3)14-10-4-5-11(13(7)14)15-12(10)6-18-16(15)17/h7-8,10-15H,3-6H2,1-2H3. The summed E-state index contributed by atoms with van der Waals surface area (Å²) in [5, 5.41) is 0. The monoisotopic (exact) mass is 262 g/mol. The molecule has 0 amide bonds. The molecule has 0 N–H and O–H groups in total. The number of fused-ring (bicyclic) bond motifs is 1. The molecular weight excluding hydrogens is 240 g/mol. The van der Waals surface area contributed by atoms with Gasteiger partial charge in [0.2, 0.25) is 0 Å². The van der Waals surface area contributed by atoms with Crippen LogP contribution in [0.25, 0.3) is 0 Å². The molecule has 3 saturated carbocycles. The molecule has 0 aromatic carbocycles. The minimum Gasteiger partial charge on any atom is -0.495 e. The third kappa shape index (κ3) is 1.36. The number of hydrogen-bond donors (Lipinski definition) is 0. The molecular formula is C16H22O3. The Morgan fingerprint density at radius 3 is 2.63 bits per heavy atom. The molecule has 104 valence electrons. The zero-order valence-corrected chi connectivity index (χ0v) is 11.7. The largest absolute Gasteiger partial charge is 0.495 e. The van der Waals surface area contributed by atoms with Crippen LogP contribution in [0.4, 0.5) is 0 Å². The summed E-state index contributed by atoms with van der Waals surface area (Å²) >= 11 is 0. The number of carbonyl (C=O) groups is 1. The number of cyclic esters (lactones) is 1. The fourth-order valence-corrected chi connectivity index (χ4v) is 5.55. The topological polar surface area (TPSA) is 35.5 Å². The van der Waals surface area contributed by atoms with E-state index < -0.39 is 0 Å². The Morgan fingerprint density at radius 1 is 1.11 bits per heavy atom. The molecule has 8 unspecified atom stereocenters. The highest BCUT2D eigenvalue weighted by Crippen LogP contribution is 2.62. The minimum absolute atomic E-state index is 0.0649. The molecule has 2 aliphatic heterocycles. The van der Waals surface area contributed by atoms with Crippen molar-refractivity contribution in [3.63, 3.8) is 0 Å². The quantitative estimate of drug-likeness (QED) is 0.630. The second-order valence-corrected chi connectivity index (χ2v) is 6.98. The normalized spacial score (nSPS) is 55.3. The fraction of sp³-hybridized carbons (Fsp3) is 0.812. The third-order valence-corrected chi connectivity index (χ3v) is 6.42. The van der Waals surface area contributed by atoms with Gasteiger partial charge in [-0.1, -0.05) is 13.5 Å².